The van der Waals surface area contributed by atoms with Gasteiger partial charge in [0, 0.05) is 0 Å². The molecule has 0 spiro atoms. The van der Waals surface area contributed by atoms with E-state index < -0.39 is 39.9 Å². The average molecular weight is 691 g/mol. The van der Waals surface area contributed by atoms with E-state index in [9.17, 15) is 0 Å². The topological polar surface area (TPSA) is 9.86 Å². The van der Waals surface area contributed by atoms with Crippen LogP contribution in [0.3, 0.4) is 0 Å². The van der Waals surface area contributed by atoms with Crippen molar-refractivity contribution in [2.24, 2.45) is 0 Å². The second kappa shape index (κ2) is 11.8. The number of rotatable bonds is 6. The van der Waals surface area contributed by atoms with Crippen LogP contribution in [0.2, 0.25) is 0 Å². The summed E-state index contributed by atoms with van der Waals surface area (Å²) in [5.74, 6) is -3.16. The average Bonchev–Trinajstić information content (AvgIpc) is 3.92. The number of nitrogens with zero attached hydrogens (tertiary/aromatic N) is 2. The minimum absolute atomic E-state index is 0.158. The van der Waals surface area contributed by atoms with Crippen molar-refractivity contribution in [2.75, 3.05) is 0 Å². The second-order valence-corrected chi connectivity index (χ2v) is 18.9. The molecule has 0 amide bonds. The van der Waals surface area contributed by atoms with Crippen LogP contribution in [0, 0.1) is 51.0 Å². The van der Waals surface area contributed by atoms with Crippen molar-refractivity contribution in [1.82, 2.24) is 9.13 Å². The Hall–Kier alpha value is -4.65. The van der Waals surface area contributed by atoms with E-state index >= 15 is 17.6 Å². The molecule has 8 rings (SSSR count). The summed E-state index contributed by atoms with van der Waals surface area (Å²) in [5, 5.41) is 1.91. The van der Waals surface area contributed by atoms with Crippen molar-refractivity contribution in [3.8, 4) is 11.4 Å². The van der Waals surface area contributed by atoms with Gasteiger partial charge in [-0.05, 0) is 0 Å². The van der Waals surface area contributed by atoms with Crippen LogP contribution in [0.4, 0.5) is 17.6 Å². The van der Waals surface area contributed by atoms with Crippen molar-refractivity contribution in [1.29, 1.82) is 0 Å². The van der Waals surface area contributed by atoms with Crippen LogP contribution in [0.25, 0.3) is 33.2 Å². The van der Waals surface area contributed by atoms with Crippen LogP contribution < -0.4 is 7.74 Å². The second-order valence-electron chi connectivity index (χ2n) is 13.0. The molecule has 0 N–H and O–H groups in total. The number of hydrogen-bond donors (Lipinski definition) is 0. The predicted octanol–water partition coefficient (Wildman–Crippen LogP) is 10.2. The Morgan fingerprint density at radius 3 is 1.33 bits per heavy atom. The number of halogens is 4. The third-order valence-electron chi connectivity index (χ3n) is 10.7. The van der Waals surface area contributed by atoms with E-state index in [1.54, 1.807) is 9.13 Å². The first-order valence-corrected chi connectivity index (χ1v) is 19.6. The van der Waals surface area contributed by atoms with Crippen molar-refractivity contribution in [2.45, 2.75) is 40.5 Å². The molecule has 2 aromatic heterocycles. The van der Waals surface area contributed by atoms with Gasteiger partial charge in [0.05, 0.1) is 0 Å². The summed E-state index contributed by atoms with van der Waals surface area (Å²) in [5.41, 5.74) is 5.45. The van der Waals surface area contributed by atoms with Gasteiger partial charge in [-0.1, -0.05) is 0 Å². The fourth-order valence-electron chi connectivity index (χ4n) is 8.22. The van der Waals surface area contributed by atoms with Crippen molar-refractivity contribution in [3.05, 3.63) is 163 Å². The molecule has 2 heterocycles. The van der Waals surface area contributed by atoms with Crippen LogP contribution in [0.5, 0.6) is 0 Å². The summed E-state index contributed by atoms with van der Waals surface area (Å²) in [6.07, 6.45) is 11.8. The third-order valence-corrected chi connectivity index (χ3v) is 18.7. The molecule has 2 aliphatic rings. The Bertz CT molecular complexity index is 2320. The Balaban J connectivity index is 1.51. The Kier molecular flexibility index (Phi) is 7.58. The molecule has 0 atom stereocenters. The number of para-hydroxylation sites is 2. The summed E-state index contributed by atoms with van der Waals surface area (Å²) < 4.78 is 73.9. The number of aromatic nitrogens is 2. The summed E-state index contributed by atoms with van der Waals surface area (Å²) in [6, 6.07) is 20.9. The van der Waals surface area contributed by atoms with Gasteiger partial charge in [0.2, 0.25) is 0 Å². The molecule has 0 radical (unpaired) electrons. The fraction of sp³-hybridized carbons (Fsp3) is 0.143. The number of benzene rings is 4. The van der Waals surface area contributed by atoms with Gasteiger partial charge in [0.15, 0.2) is 0 Å². The molecule has 244 valence electrons. The van der Waals surface area contributed by atoms with Crippen molar-refractivity contribution in [3.63, 3.8) is 0 Å². The van der Waals surface area contributed by atoms with Gasteiger partial charge in [-0.3, -0.25) is 0 Å². The number of fused-ring (bicyclic) bond motifs is 2. The monoisotopic (exact) mass is 690 g/mol. The van der Waals surface area contributed by atoms with Gasteiger partial charge in [0.25, 0.3) is 0 Å². The molecule has 4 aromatic carbocycles. The normalized spacial score (nSPS) is 14.4. The first-order valence-electron chi connectivity index (χ1n) is 16.5. The molecule has 49 heavy (non-hydrogen) atoms. The van der Waals surface area contributed by atoms with Crippen LogP contribution in [-0.2, 0) is 16.6 Å². The van der Waals surface area contributed by atoms with Gasteiger partial charge in [-0.15, -0.1) is 0 Å². The summed E-state index contributed by atoms with van der Waals surface area (Å²) in [4.78, 5) is 0. The van der Waals surface area contributed by atoms with Crippen LogP contribution in [0.15, 0.2) is 117 Å². The number of allylic oxidation sites excluding steroid dienone is 8. The van der Waals surface area contributed by atoms with E-state index in [0.29, 0.717) is 20.6 Å². The van der Waals surface area contributed by atoms with Gasteiger partial charge in [-0.25, -0.2) is 0 Å². The van der Waals surface area contributed by atoms with Gasteiger partial charge in [-0.2, -0.15) is 0 Å². The zero-order valence-corrected chi connectivity index (χ0v) is 29.3. The van der Waals surface area contributed by atoms with Crippen LogP contribution in [0.1, 0.15) is 35.4 Å². The molecular weight excluding hydrogens is 656 g/mol. The van der Waals surface area contributed by atoms with Crippen LogP contribution in [-0.4, -0.2) is 9.13 Å². The minimum atomic E-state index is -5.09. The van der Waals surface area contributed by atoms with E-state index in [1.165, 1.54) is 24.3 Å². The van der Waals surface area contributed by atoms with E-state index in [2.05, 4.69) is 0 Å². The molecule has 2 nitrogen and oxygen atoms in total. The molecule has 0 saturated heterocycles. The van der Waals surface area contributed by atoms with Crippen molar-refractivity contribution >= 4 is 29.5 Å². The molecule has 0 unspecified atom stereocenters. The van der Waals surface area contributed by atoms with E-state index in [0.717, 1.165) is 44.3 Å². The van der Waals surface area contributed by atoms with Gasteiger partial charge < -0.3 is 0 Å². The third kappa shape index (κ3) is 4.43. The molecule has 2 aliphatic carbocycles. The van der Waals surface area contributed by atoms with Gasteiger partial charge in [0.1, 0.15) is 0 Å². The molecule has 7 heteroatoms. The first-order chi connectivity index (χ1) is 23.7. The molecular formula is C42H34F4N2Ti. The predicted molar refractivity (Wildman–Crippen MR) is 188 cm³/mol. The van der Waals surface area contributed by atoms with Crippen molar-refractivity contribution < 1.29 is 34.2 Å². The SMILES string of the molecule is Cc1c(C)n(-c2ccc(F)[c]([Ti]([C]3=CC=CC3)([C]3=CC=CC3)[c]3c(F)ccc(-n4c(C)c(C)c5ccccc54)c3F)c2F)c2ccccc12. The molecule has 0 bridgehead atoms. The first kappa shape index (κ1) is 31.6. The summed E-state index contributed by atoms with van der Waals surface area (Å²) in [6.45, 7) is 7.78. The maximum atomic E-state index is 17.8. The Morgan fingerprint density at radius 2 is 0.939 bits per heavy atom. The Morgan fingerprint density at radius 1 is 0.531 bits per heavy atom. The van der Waals surface area contributed by atoms with E-state index in [1.807, 2.05) is 113 Å². The fourth-order valence-corrected chi connectivity index (χ4v) is 16.5. The molecule has 0 aliphatic heterocycles. The summed E-state index contributed by atoms with van der Waals surface area (Å²) >= 11 is -5.09. The van der Waals surface area contributed by atoms with E-state index in [4.69, 9.17) is 0 Å². The number of hydrogen-bond acceptors (Lipinski definition) is 0. The molecule has 6 aromatic rings. The molecule has 0 saturated carbocycles. The summed E-state index contributed by atoms with van der Waals surface area (Å²) in [7, 11) is 0. The molecule has 0 fully saturated rings. The zero-order chi connectivity index (χ0) is 34.2. The number of aryl methyl sites for hydroxylation is 2. The zero-order valence-electron chi connectivity index (χ0n) is 27.7. The quantitative estimate of drug-likeness (QED) is 0.122. The van der Waals surface area contributed by atoms with Gasteiger partial charge >= 0.3 is 288 Å². The Labute approximate surface area is 286 Å². The van der Waals surface area contributed by atoms with Crippen LogP contribution >= 0.6 is 0 Å². The maximum absolute atomic E-state index is 17.8. The van der Waals surface area contributed by atoms with E-state index in [-0.39, 0.29) is 19.1 Å². The standard InChI is InChI=1S/2C16H12F2N.2C5H5.Ti/c2*1-10-11(2)19(15-6-4-3-5-13(10)15)16-8-7-12(17)9-14(16)18;2*1-2-4-5-3-1;/h2*3-8H,1-2H3;2*1-3H,4H2;.